The topological polar surface area (TPSA) is 80.3 Å². The monoisotopic (exact) mass is 346 g/mol. The van der Waals surface area contributed by atoms with Crippen LogP contribution in [0, 0.1) is 10.1 Å². The Kier molecular flexibility index (Phi) is 4.38. The van der Waals surface area contributed by atoms with E-state index in [0.717, 1.165) is 18.4 Å². The molecule has 3 atom stereocenters. The molecule has 24 heavy (non-hydrogen) atoms. The van der Waals surface area contributed by atoms with Crippen LogP contribution in [0.25, 0.3) is 0 Å². The number of hydrogen-bond donors (Lipinski definition) is 0. The van der Waals surface area contributed by atoms with Gasteiger partial charge in [-0.15, -0.1) is 0 Å². The lowest BCUT2D eigenvalue weighted by atomic mass is 10.1. The molecule has 126 valence electrons. The van der Waals surface area contributed by atoms with Crippen molar-refractivity contribution in [1.82, 2.24) is 4.31 Å². The summed E-state index contributed by atoms with van der Waals surface area (Å²) in [7, 11) is -3.67. The van der Waals surface area contributed by atoms with Gasteiger partial charge in [0.2, 0.25) is 10.0 Å². The van der Waals surface area contributed by atoms with Crippen LogP contribution in [0.2, 0.25) is 0 Å². The molecule has 1 unspecified atom stereocenters. The summed E-state index contributed by atoms with van der Waals surface area (Å²) in [6, 6.07) is 14.4. The number of sulfonamides is 1. The van der Waals surface area contributed by atoms with Gasteiger partial charge in [-0.05, 0) is 24.1 Å². The number of nitro groups is 1. The Morgan fingerprint density at radius 1 is 1.08 bits per heavy atom. The lowest BCUT2D eigenvalue weighted by Crippen LogP contribution is -2.15. The number of rotatable bonds is 6. The van der Waals surface area contributed by atoms with Crippen molar-refractivity contribution in [3.05, 3.63) is 70.3 Å². The van der Waals surface area contributed by atoms with Gasteiger partial charge in [0.15, 0.2) is 0 Å². The fraction of sp³-hybridized carbons (Fsp3) is 0.294. The molecule has 2 aromatic rings. The first-order chi connectivity index (χ1) is 11.5. The van der Waals surface area contributed by atoms with Crippen molar-refractivity contribution in [2.75, 3.05) is 0 Å². The van der Waals surface area contributed by atoms with Gasteiger partial charge in [0, 0.05) is 18.2 Å². The molecule has 0 aliphatic carbocycles. The van der Waals surface area contributed by atoms with Crippen LogP contribution in [0.15, 0.2) is 59.5 Å². The SMILES string of the molecule is CCC[C@@H]1[C@@H](c2ccccc2)N1S(=O)(=O)c1ccc([N+](=O)[O-])cc1. The van der Waals surface area contributed by atoms with Crippen molar-refractivity contribution >= 4 is 15.7 Å². The number of non-ortho nitro benzene ring substituents is 1. The molecule has 1 fully saturated rings. The minimum absolute atomic E-state index is 0.0578. The van der Waals surface area contributed by atoms with Crippen LogP contribution < -0.4 is 0 Å². The van der Waals surface area contributed by atoms with Gasteiger partial charge >= 0.3 is 0 Å². The standard InChI is InChI=1S/C17H18N2O4S/c1-2-6-16-17(13-7-4-3-5-8-13)18(16)24(22,23)15-11-9-14(10-12-15)19(20)21/h3-5,7-12,16-17H,2,6H2,1H3/t16-,17-,18?/m1/s1. The van der Waals surface area contributed by atoms with E-state index in [9.17, 15) is 18.5 Å². The van der Waals surface area contributed by atoms with E-state index < -0.39 is 14.9 Å². The van der Waals surface area contributed by atoms with Crippen molar-refractivity contribution in [3.8, 4) is 0 Å². The minimum Gasteiger partial charge on any atom is -0.258 e. The van der Waals surface area contributed by atoms with E-state index in [1.54, 1.807) is 0 Å². The molecule has 6 nitrogen and oxygen atoms in total. The fourth-order valence-electron chi connectivity index (χ4n) is 3.05. The van der Waals surface area contributed by atoms with Gasteiger partial charge in [0.1, 0.15) is 0 Å². The van der Waals surface area contributed by atoms with Gasteiger partial charge in [-0.1, -0.05) is 43.7 Å². The Morgan fingerprint density at radius 3 is 2.25 bits per heavy atom. The molecular formula is C17H18N2O4S. The molecular weight excluding hydrogens is 328 g/mol. The van der Waals surface area contributed by atoms with Crippen molar-refractivity contribution in [2.45, 2.75) is 36.7 Å². The van der Waals surface area contributed by atoms with E-state index in [1.165, 1.54) is 28.6 Å². The zero-order valence-electron chi connectivity index (χ0n) is 13.2. The van der Waals surface area contributed by atoms with Crippen LogP contribution in [-0.4, -0.2) is 23.7 Å². The second-order valence-electron chi connectivity index (χ2n) is 5.80. The Morgan fingerprint density at radius 2 is 1.71 bits per heavy atom. The zero-order valence-corrected chi connectivity index (χ0v) is 14.0. The molecule has 3 rings (SSSR count). The van der Waals surface area contributed by atoms with Crippen molar-refractivity contribution < 1.29 is 13.3 Å². The molecule has 1 saturated heterocycles. The highest BCUT2D eigenvalue weighted by atomic mass is 32.2. The Labute approximate surface area is 140 Å². The molecule has 1 heterocycles. The number of nitro benzene ring substituents is 1. The zero-order chi connectivity index (χ0) is 17.3. The summed E-state index contributed by atoms with van der Waals surface area (Å²) in [6.45, 7) is 2.02. The molecule has 0 aromatic heterocycles. The van der Waals surface area contributed by atoms with E-state index in [1.807, 2.05) is 37.3 Å². The lowest BCUT2D eigenvalue weighted by Gasteiger charge is -2.07. The first-order valence-corrected chi connectivity index (χ1v) is 9.23. The van der Waals surface area contributed by atoms with Crippen LogP contribution >= 0.6 is 0 Å². The lowest BCUT2D eigenvalue weighted by molar-refractivity contribution is -0.384. The van der Waals surface area contributed by atoms with Crippen LogP contribution in [0.4, 0.5) is 5.69 Å². The smallest absolute Gasteiger partial charge is 0.258 e. The van der Waals surface area contributed by atoms with Crippen LogP contribution in [-0.2, 0) is 10.0 Å². The van der Waals surface area contributed by atoms with E-state index in [0.29, 0.717) is 0 Å². The van der Waals surface area contributed by atoms with E-state index in [4.69, 9.17) is 0 Å². The normalized spacial score (nSPS) is 23.0. The molecule has 0 spiro atoms. The maximum Gasteiger partial charge on any atom is 0.269 e. The molecule has 0 bridgehead atoms. The fourth-order valence-corrected chi connectivity index (χ4v) is 4.85. The summed E-state index contributed by atoms with van der Waals surface area (Å²) in [4.78, 5) is 10.3. The molecule has 1 aliphatic rings. The number of nitrogens with zero attached hydrogens (tertiary/aromatic N) is 2. The Hall–Kier alpha value is -2.25. The van der Waals surface area contributed by atoms with Crippen LogP contribution in [0.3, 0.4) is 0 Å². The Bertz CT molecular complexity index is 835. The van der Waals surface area contributed by atoms with Gasteiger partial charge in [-0.2, -0.15) is 4.31 Å². The average molecular weight is 346 g/mol. The number of hydrogen-bond acceptors (Lipinski definition) is 4. The molecule has 0 amide bonds. The van der Waals surface area contributed by atoms with Crippen LogP contribution in [0.1, 0.15) is 31.4 Å². The largest absolute Gasteiger partial charge is 0.269 e. The summed E-state index contributed by atoms with van der Waals surface area (Å²) < 4.78 is 27.3. The van der Waals surface area contributed by atoms with Crippen molar-refractivity contribution in [1.29, 1.82) is 0 Å². The molecule has 0 saturated carbocycles. The highest BCUT2D eigenvalue weighted by molar-refractivity contribution is 7.89. The van der Waals surface area contributed by atoms with Gasteiger partial charge < -0.3 is 0 Å². The van der Waals surface area contributed by atoms with E-state index in [2.05, 4.69) is 0 Å². The van der Waals surface area contributed by atoms with E-state index >= 15 is 0 Å². The van der Waals surface area contributed by atoms with Crippen LogP contribution in [0.5, 0.6) is 0 Å². The highest BCUT2D eigenvalue weighted by Crippen LogP contribution is 2.49. The quantitative estimate of drug-likeness (QED) is 0.455. The first kappa shape index (κ1) is 16.6. The molecule has 1 aliphatic heterocycles. The second-order valence-corrected chi connectivity index (χ2v) is 7.64. The second kappa shape index (κ2) is 6.33. The van der Waals surface area contributed by atoms with Gasteiger partial charge in [-0.3, -0.25) is 10.1 Å². The predicted octanol–water partition coefficient (Wildman–Crippen LogP) is 3.51. The summed E-state index contributed by atoms with van der Waals surface area (Å²) in [5.74, 6) is 0. The summed E-state index contributed by atoms with van der Waals surface area (Å²) in [6.07, 6.45) is 1.67. The first-order valence-electron chi connectivity index (χ1n) is 7.79. The van der Waals surface area contributed by atoms with Crippen molar-refractivity contribution in [2.24, 2.45) is 0 Å². The summed E-state index contributed by atoms with van der Waals surface area (Å²) >= 11 is 0. The summed E-state index contributed by atoms with van der Waals surface area (Å²) in [5.41, 5.74) is 0.853. The van der Waals surface area contributed by atoms with E-state index in [-0.39, 0.29) is 22.7 Å². The minimum atomic E-state index is -3.67. The highest BCUT2D eigenvalue weighted by Gasteiger charge is 2.55. The van der Waals surface area contributed by atoms with Gasteiger partial charge in [-0.25, -0.2) is 8.42 Å². The Balaban J connectivity index is 1.92. The molecule has 2 aromatic carbocycles. The number of benzene rings is 2. The van der Waals surface area contributed by atoms with Gasteiger partial charge in [0.25, 0.3) is 5.69 Å². The average Bonchev–Trinajstić information content (AvgIpc) is 3.31. The maximum absolute atomic E-state index is 12.9. The maximum atomic E-state index is 12.9. The molecule has 0 radical (unpaired) electrons. The van der Waals surface area contributed by atoms with Crippen molar-refractivity contribution in [3.63, 3.8) is 0 Å². The summed E-state index contributed by atoms with van der Waals surface area (Å²) in [5, 5.41) is 10.7. The molecule has 7 heteroatoms. The third kappa shape index (κ3) is 2.92. The molecule has 0 N–H and O–H groups in total. The predicted molar refractivity (Wildman–Crippen MR) is 90.0 cm³/mol. The third-order valence-electron chi connectivity index (χ3n) is 4.22. The van der Waals surface area contributed by atoms with Gasteiger partial charge in [0.05, 0.1) is 15.9 Å². The third-order valence-corrected chi connectivity index (χ3v) is 6.15.